The molecule has 0 amide bonds. The molecule has 5 nitrogen and oxygen atoms in total. The fraction of sp³-hybridized carbons (Fsp3) is 0.889. The third kappa shape index (κ3) is 1.82. The van der Waals surface area contributed by atoms with E-state index in [2.05, 4.69) is 10.0 Å². The molecule has 1 atom stereocenters. The van der Waals surface area contributed by atoms with Gasteiger partial charge in [0.15, 0.2) is 0 Å². The second kappa shape index (κ2) is 4.33. The van der Waals surface area contributed by atoms with Crippen molar-refractivity contribution >= 4 is 5.97 Å². The number of carbonyl (C=O) groups excluding carboxylic acids is 1. The standard InChI is InChI=1S/C9H15N3O2/c1-3-9(4-2)5-8(13)14-7(9)6-11-12-10/h7H,3-6H2,1-2H3. The molecule has 5 heteroatoms. The Kier molecular flexibility index (Phi) is 3.36. The first-order valence-corrected chi connectivity index (χ1v) is 4.89. The van der Waals surface area contributed by atoms with E-state index in [9.17, 15) is 4.79 Å². The molecule has 0 spiro atoms. The number of esters is 1. The van der Waals surface area contributed by atoms with E-state index >= 15 is 0 Å². The van der Waals surface area contributed by atoms with Gasteiger partial charge in [0.25, 0.3) is 0 Å². The number of hydrogen-bond acceptors (Lipinski definition) is 3. The fourth-order valence-electron chi connectivity index (χ4n) is 2.02. The van der Waals surface area contributed by atoms with Crippen LogP contribution in [0.1, 0.15) is 33.1 Å². The Morgan fingerprint density at radius 3 is 2.79 bits per heavy atom. The van der Waals surface area contributed by atoms with Gasteiger partial charge in [0.1, 0.15) is 6.10 Å². The predicted molar refractivity (Wildman–Crippen MR) is 51.5 cm³/mol. The Morgan fingerprint density at radius 2 is 2.29 bits per heavy atom. The van der Waals surface area contributed by atoms with Crippen molar-refractivity contribution in [1.82, 2.24) is 0 Å². The van der Waals surface area contributed by atoms with Crippen molar-refractivity contribution in [3.8, 4) is 0 Å². The van der Waals surface area contributed by atoms with Gasteiger partial charge in [-0.05, 0) is 18.4 Å². The van der Waals surface area contributed by atoms with Crippen molar-refractivity contribution in [3.63, 3.8) is 0 Å². The molecule has 0 aromatic heterocycles. The topological polar surface area (TPSA) is 75.1 Å². The lowest BCUT2D eigenvalue weighted by Crippen LogP contribution is -2.31. The van der Waals surface area contributed by atoms with E-state index in [0.717, 1.165) is 12.8 Å². The smallest absolute Gasteiger partial charge is 0.306 e. The summed E-state index contributed by atoms with van der Waals surface area (Å²) in [6.07, 6.45) is 1.97. The maximum absolute atomic E-state index is 11.2. The molecule has 1 rings (SSSR count). The normalized spacial score (nSPS) is 24.1. The maximum atomic E-state index is 11.2. The maximum Gasteiger partial charge on any atom is 0.306 e. The van der Waals surface area contributed by atoms with Crippen LogP contribution in [0, 0.1) is 5.41 Å². The van der Waals surface area contributed by atoms with E-state index in [-0.39, 0.29) is 24.0 Å². The number of nitrogens with zero attached hydrogens (tertiary/aromatic N) is 3. The van der Waals surface area contributed by atoms with E-state index in [1.54, 1.807) is 0 Å². The van der Waals surface area contributed by atoms with Crippen LogP contribution in [-0.2, 0) is 9.53 Å². The molecule has 0 radical (unpaired) electrons. The number of cyclic esters (lactones) is 1. The summed E-state index contributed by atoms with van der Waals surface area (Å²) in [5.74, 6) is -0.174. The molecule has 0 N–H and O–H groups in total. The summed E-state index contributed by atoms with van der Waals surface area (Å²) in [7, 11) is 0. The van der Waals surface area contributed by atoms with Gasteiger partial charge >= 0.3 is 5.97 Å². The van der Waals surface area contributed by atoms with Crippen LogP contribution in [0.15, 0.2) is 5.11 Å². The minimum atomic E-state index is -0.235. The predicted octanol–water partition coefficient (Wildman–Crippen LogP) is 2.42. The summed E-state index contributed by atoms with van der Waals surface area (Å²) < 4.78 is 5.16. The summed E-state index contributed by atoms with van der Waals surface area (Å²) >= 11 is 0. The van der Waals surface area contributed by atoms with E-state index in [4.69, 9.17) is 10.3 Å². The van der Waals surface area contributed by atoms with E-state index < -0.39 is 0 Å². The quantitative estimate of drug-likeness (QED) is 0.300. The summed E-state index contributed by atoms with van der Waals surface area (Å²) in [6, 6.07) is 0. The van der Waals surface area contributed by atoms with Crippen LogP contribution in [0.2, 0.25) is 0 Å². The highest BCUT2D eigenvalue weighted by Crippen LogP contribution is 2.41. The number of hydrogen-bond donors (Lipinski definition) is 0. The molecule has 0 saturated carbocycles. The van der Waals surface area contributed by atoms with E-state index in [0.29, 0.717) is 6.42 Å². The zero-order chi connectivity index (χ0) is 10.6. The number of azide groups is 1. The first kappa shape index (κ1) is 10.9. The van der Waals surface area contributed by atoms with Crippen molar-refractivity contribution in [1.29, 1.82) is 0 Å². The van der Waals surface area contributed by atoms with Crippen LogP contribution in [0.4, 0.5) is 0 Å². The van der Waals surface area contributed by atoms with Gasteiger partial charge in [-0.2, -0.15) is 0 Å². The minimum absolute atomic E-state index is 0.120. The largest absolute Gasteiger partial charge is 0.462 e. The molecule has 0 bridgehead atoms. The zero-order valence-corrected chi connectivity index (χ0v) is 8.56. The summed E-state index contributed by atoms with van der Waals surface area (Å²) in [5.41, 5.74) is 8.11. The second-order valence-corrected chi connectivity index (χ2v) is 3.64. The molecular weight excluding hydrogens is 182 g/mol. The van der Waals surface area contributed by atoms with Crippen molar-refractivity contribution < 1.29 is 9.53 Å². The summed E-state index contributed by atoms with van der Waals surface area (Å²) in [5, 5.41) is 3.48. The Balaban J connectivity index is 2.79. The zero-order valence-electron chi connectivity index (χ0n) is 8.56. The number of rotatable bonds is 4. The SMILES string of the molecule is CCC1(CC)CC(=O)OC1CN=[N+]=[N-]. The molecule has 1 heterocycles. The lowest BCUT2D eigenvalue weighted by atomic mass is 9.76. The average Bonchev–Trinajstić information content (AvgIpc) is 2.52. The Bertz CT molecular complexity index is 267. The highest BCUT2D eigenvalue weighted by atomic mass is 16.6. The number of carbonyl (C=O) groups is 1. The van der Waals surface area contributed by atoms with Crippen LogP contribution in [0.3, 0.4) is 0 Å². The Labute approximate surface area is 83.1 Å². The molecule has 1 saturated heterocycles. The summed E-state index contributed by atoms with van der Waals surface area (Å²) in [4.78, 5) is 13.9. The van der Waals surface area contributed by atoms with Gasteiger partial charge in [-0.3, -0.25) is 4.79 Å². The first-order valence-electron chi connectivity index (χ1n) is 4.89. The molecule has 1 aliphatic heterocycles. The molecular formula is C9H15N3O2. The third-order valence-electron chi connectivity index (χ3n) is 3.17. The van der Waals surface area contributed by atoms with E-state index in [1.165, 1.54) is 0 Å². The van der Waals surface area contributed by atoms with Crippen LogP contribution in [0.5, 0.6) is 0 Å². The van der Waals surface area contributed by atoms with Gasteiger partial charge in [-0.1, -0.05) is 19.0 Å². The fourth-order valence-corrected chi connectivity index (χ4v) is 2.02. The van der Waals surface area contributed by atoms with Crippen LogP contribution >= 0.6 is 0 Å². The van der Waals surface area contributed by atoms with Gasteiger partial charge in [0.2, 0.25) is 0 Å². The minimum Gasteiger partial charge on any atom is -0.462 e. The monoisotopic (exact) mass is 197 g/mol. The highest BCUT2D eigenvalue weighted by Gasteiger charge is 2.45. The van der Waals surface area contributed by atoms with Crippen molar-refractivity contribution in [2.75, 3.05) is 6.54 Å². The second-order valence-electron chi connectivity index (χ2n) is 3.64. The first-order chi connectivity index (χ1) is 6.68. The Hall–Kier alpha value is -1.22. The van der Waals surface area contributed by atoms with Gasteiger partial charge in [0, 0.05) is 10.3 Å². The molecule has 1 aliphatic rings. The molecule has 0 aromatic carbocycles. The van der Waals surface area contributed by atoms with Crippen LogP contribution in [-0.4, -0.2) is 18.6 Å². The number of ether oxygens (including phenoxy) is 1. The molecule has 1 unspecified atom stereocenters. The van der Waals surface area contributed by atoms with Gasteiger partial charge < -0.3 is 4.74 Å². The van der Waals surface area contributed by atoms with E-state index in [1.807, 2.05) is 13.8 Å². The van der Waals surface area contributed by atoms with Crippen molar-refractivity contribution in [3.05, 3.63) is 10.4 Å². The summed E-state index contributed by atoms with van der Waals surface area (Å²) in [6.45, 7) is 4.33. The molecule has 0 aliphatic carbocycles. The molecule has 1 fully saturated rings. The average molecular weight is 197 g/mol. The van der Waals surface area contributed by atoms with Gasteiger partial charge in [-0.25, -0.2) is 0 Å². The van der Waals surface area contributed by atoms with Crippen molar-refractivity contribution in [2.45, 2.75) is 39.2 Å². The Morgan fingerprint density at radius 1 is 1.64 bits per heavy atom. The lowest BCUT2D eigenvalue weighted by Gasteiger charge is -2.29. The van der Waals surface area contributed by atoms with Crippen molar-refractivity contribution in [2.24, 2.45) is 10.5 Å². The highest BCUT2D eigenvalue weighted by molar-refractivity contribution is 5.73. The third-order valence-corrected chi connectivity index (χ3v) is 3.17. The van der Waals surface area contributed by atoms with Crippen LogP contribution < -0.4 is 0 Å². The lowest BCUT2D eigenvalue weighted by molar-refractivity contribution is -0.141. The molecule has 78 valence electrons. The van der Waals surface area contributed by atoms with Crippen LogP contribution in [0.25, 0.3) is 10.4 Å². The van der Waals surface area contributed by atoms with Gasteiger partial charge in [-0.15, -0.1) is 0 Å². The molecule has 0 aromatic rings. The molecule has 14 heavy (non-hydrogen) atoms. The van der Waals surface area contributed by atoms with Gasteiger partial charge in [0.05, 0.1) is 13.0 Å².